The molecule has 0 heterocycles. The predicted molar refractivity (Wildman–Crippen MR) is 64.9 cm³/mol. The summed E-state index contributed by atoms with van der Waals surface area (Å²) in [7, 11) is 0. The van der Waals surface area contributed by atoms with Crippen LogP contribution in [0.2, 0.25) is 0 Å². The molecule has 0 radical (unpaired) electrons. The second-order valence-corrected chi connectivity index (χ2v) is 4.50. The molecule has 0 spiro atoms. The Hall–Kier alpha value is -1.85. The lowest BCUT2D eigenvalue weighted by atomic mass is 9.86. The number of imide groups is 1. The van der Waals surface area contributed by atoms with E-state index in [0.717, 1.165) is 25.3 Å². The molecule has 1 saturated carbocycles. The maximum atomic E-state index is 11.5. The lowest BCUT2D eigenvalue weighted by Gasteiger charge is -2.29. The average molecular weight is 254 g/mol. The first-order valence-electron chi connectivity index (χ1n) is 6.01. The number of aliphatic carboxylic acids is 1. The number of hydrogen-bond donors (Lipinski definition) is 3. The Morgan fingerprint density at radius 1 is 1.17 bits per heavy atom. The zero-order valence-electron chi connectivity index (χ0n) is 10.3. The fourth-order valence-electron chi connectivity index (χ4n) is 2.04. The zero-order valence-corrected chi connectivity index (χ0v) is 10.3. The third-order valence-corrected chi connectivity index (χ3v) is 3.04. The molecule has 3 amide bonds. The van der Waals surface area contributed by atoms with Crippen molar-refractivity contribution >= 4 is 17.9 Å². The summed E-state index contributed by atoms with van der Waals surface area (Å²) in [5, 5.41) is 13.1. The summed E-state index contributed by atoms with van der Waals surface area (Å²) in [4.78, 5) is 32.8. The van der Waals surface area contributed by atoms with Crippen molar-refractivity contribution in [3.05, 3.63) is 12.2 Å². The number of carboxylic acid groups (broad SMARTS) is 1. The van der Waals surface area contributed by atoms with Gasteiger partial charge in [-0.25, -0.2) is 9.59 Å². The van der Waals surface area contributed by atoms with Gasteiger partial charge in [-0.05, 0) is 18.8 Å². The van der Waals surface area contributed by atoms with E-state index in [0.29, 0.717) is 12.0 Å². The van der Waals surface area contributed by atoms with E-state index < -0.39 is 17.9 Å². The maximum absolute atomic E-state index is 11.5. The van der Waals surface area contributed by atoms with Crippen molar-refractivity contribution in [3.63, 3.8) is 0 Å². The Morgan fingerprint density at radius 2 is 1.83 bits per heavy atom. The van der Waals surface area contributed by atoms with Gasteiger partial charge >= 0.3 is 12.0 Å². The van der Waals surface area contributed by atoms with E-state index in [9.17, 15) is 14.4 Å². The number of nitrogens with one attached hydrogen (secondary N) is 2. The molecule has 1 fully saturated rings. The number of amides is 3. The quantitative estimate of drug-likeness (QED) is 0.655. The van der Waals surface area contributed by atoms with Crippen molar-refractivity contribution in [2.45, 2.75) is 38.6 Å². The number of rotatable bonds is 3. The van der Waals surface area contributed by atoms with Crippen molar-refractivity contribution in [2.75, 3.05) is 0 Å². The van der Waals surface area contributed by atoms with Crippen LogP contribution in [0, 0.1) is 5.92 Å². The fraction of sp³-hybridized carbons (Fsp3) is 0.583. The summed E-state index contributed by atoms with van der Waals surface area (Å²) in [6.07, 6.45) is 5.72. The van der Waals surface area contributed by atoms with Gasteiger partial charge < -0.3 is 10.4 Å². The Balaban J connectivity index is 2.36. The second kappa shape index (κ2) is 6.78. The minimum absolute atomic E-state index is 0.0787. The van der Waals surface area contributed by atoms with Crippen LogP contribution in [-0.4, -0.2) is 29.1 Å². The summed E-state index contributed by atoms with van der Waals surface area (Å²) >= 11 is 0. The van der Waals surface area contributed by atoms with Gasteiger partial charge in [0.2, 0.25) is 0 Å². The van der Waals surface area contributed by atoms with Crippen LogP contribution in [0.25, 0.3) is 0 Å². The Labute approximate surface area is 105 Å². The van der Waals surface area contributed by atoms with Crippen molar-refractivity contribution < 1.29 is 19.5 Å². The van der Waals surface area contributed by atoms with E-state index in [4.69, 9.17) is 5.11 Å². The molecule has 0 bridgehead atoms. The van der Waals surface area contributed by atoms with Gasteiger partial charge in [-0.1, -0.05) is 19.8 Å². The molecule has 0 aromatic carbocycles. The van der Waals surface area contributed by atoms with Crippen LogP contribution in [-0.2, 0) is 9.59 Å². The smallest absolute Gasteiger partial charge is 0.328 e. The van der Waals surface area contributed by atoms with Crippen LogP contribution in [0.1, 0.15) is 32.6 Å². The highest BCUT2D eigenvalue weighted by molar-refractivity contribution is 6.02. The number of carbonyl (C=O) groups is 3. The van der Waals surface area contributed by atoms with Crippen molar-refractivity contribution in [1.29, 1.82) is 0 Å². The van der Waals surface area contributed by atoms with E-state index in [1.165, 1.54) is 6.42 Å². The van der Waals surface area contributed by atoms with Gasteiger partial charge in [0, 0.05) is 18.2 Å². The molecule has 2 unspecified atom stereocenters. The monoisotopic (exact) mass is 254 g/mol. The van der Waals surface area contributed by atoms with Gasteiger partial charge in [0.05, 0.1) is 0 Å². The summed E-state index contributed by atoms with van der Waals surface area (Å²) in [6.45, 7) is 2.07. The third kappa shape index (κ3) is 4.99. The molecule has 6 nitrogen and oxygen atoms in total. The van der Waals surface area contributed by atoms with Crippen LogP contribution in [0.4, 0.5) is 4.79 Å². The van der Waals surface area contributed by atoms with Crippen LogP contribution >= 0.6 is 0 Å². The minimum atomic E-state index is -1.23. The van der Waals surface area contributed by atoms with E-state index >= 15 is 0 Å². The molecule has 0 aliphatic heterocycles. The maximum Gasteiger partial charge on any atom is 0.328 e. The molecule has 0 aromatic heterocycles. The standard InChI is InChI=1S/C12H18N2O4/c1-8-4-2-3-5-9(8)13-12(18)14-10(15)6-7-11(16)17/h6-9H,2-5H2,1H3,(H,16,17)(H2,13,14,15,18)/b7-6+. The lowest BCUT2D eigenvalue weighted by molar-refractivity contribution is -0.131. The SMILES string of the molecule is CC1CCCCC1NC(=O)NC(=O)/C=C/C(=O)O. The van der Waals surface area contributed by atoms with Crippen LogP contribution in [0.5, 0.6) is 0 Å². The van der Waals surface area contributed by atoms with E-state index in [-0.39, 0.29) is 6.04 Å². The van der Waals surface area contributed by atoms with Gasteiger partial charge in [0.25, 0.3) is 5.91 Å². The minimum Gasteiger partial charge on any atom is -0.478 e. The van der Waals surface area contributed by atoms with Crippen molar-refractivity contribution in [3.8, 4) is 0 Å². The normalized spacial score (nSPS) is 23.6. The van der Waals surface area contributed by atoms with E-state index in [1.54, 1.807) is 0 Å². The molecule has 2 atom stereocenters. The molecule has 1 rings (SSSR count). The molecule has 3 N–H and O–H groups in total. The largest absolute Gasteiger partial charge is 0.478 e. The van der Waals surface area contributed by atoms with Crippen LogP contribution < -0.4 is 10.6 Å². The highest BCUT2D eigenvalue weighted by atomic mass is 16.4. The molecule has 100 valence electrons. The number of urea groups is 1. The Morgan fingerprint density at radius 3 is 2.44 bits per heavy atom. The molecule has 6 heteroatoms. The molecular weight excluding hydrogens is 236 g/mol. The molecule has 0 saturated heterocycles. The summed E-state index contributed by atoms with van der Waals surface area (Å²) < 4.78 is 0. The lowest BCUT2D eigenvalue weighted by Crippen LogP contribution is -2.47. The van der Waals surface area contributed by atoms with Crippen molar-refractivity contribution in [1.82, 2.24) is 10.6 Å². The number of hydrogen-bond acceptors (Lipinski definition) is 3. The van der Waals surface area contributed by atoms with Gasteiger partial charge in [-0.2, -0.15) is 0 Å². The van der Waals surface area contributed by atoms with Gasteiger partial charge in [-0.3, -0.25) is 10.1 Å². The fourth-order valence-corrected chi connectivity index (χ4v) is 2.04. The highest BCUT2D eigenvalue weighted by Crippen LogP contribution is 2.23. The second-order valence-electron chi connectivity index (χ2n) is 4.50. The number of carbonyl (C=O) groups excluding carboxylic acids is 2. The summed E-state index contributed by atoms with van der Waals surface area (Å²) in [5.74, 6) is -1.57. The molecule has 1 aliphatic rings. The van der Waals surface area contributed by atoms with Gasteiger partial charge in [0.15, 0.2) is 0 Å². The third-order valence-electron chi connectivity index (χ3n) is 3.04. The van der Waals surface area contributed by atoms with Gasteiger partial charge in [-0.15, -0.1) is 0 Å². The summed E-state index contributed by atoms with van der Waals surface area (Å²) in [5.41, 5.74) is 0. The Kier molecular flexibility index (Phi) is 5.35. The average Bonchev–Trinajstić information content (AvgIpc) is 2.29. The highest BCUT2D eigenvalue weighted by Gasteiger charge is 2.22. The van der Waals surface area contributed by atoms with Gasteiger partial charge in [0.1, 0.15) is 0 Å². The zero-order chi connectivity index (χ0) is 13.5. The van der Waals surface area contributed by atoms with E-state index in [1.807, 2.05) is 0 Å². The van der Waals surface area contributed by atoms with Crippen molar-refractivity contribution in [2.24, 2.45) is 5.92 Å². The first-order chi connectivity index (χ1) is 8.49. The van der Waals surface area contributed by atoms with Crippen LogP contribution in [0.15, 0.2) is 12.2 Å². The number of carboxylic acids is 1. The molecule has 18 heavy (non-hydrogen) atoms. The Bertz CT molecular complexity index is 365. The summed E-state index contributed by atoms with van der Waals surface area (Å²) in [6, 6.07) is -0.496. The predicted octanol–water partition coefficient (Wildman–Crippen LogP) is 1.03. The first kappa shape index (κ1) is 14.2. The molecular formula is C12H18N2O4. The first-order valence-corrected chi connectivity index (χ1v) is 6.01. The molecule has 1 aliphatic carbocycles. The van der Waals surface area contributed by atoms with Crippen LogP contribution in [0.3, 0.4) is 0 Å². The molecule has 0 aromatic rings. The topological polar surface area (TPSA) is 95.5 Å². The van der Waals surface area contributed by atoms with E-state index in [2.05, 4.69) is 17.6 Å².